The summed E-state index contributed by atoms with van der Waals surface area (Å²) in [5, 5.41) is 0. The molecule has 0 aromatic rings. The van der Waals surface area contributed by atoms with Crippen molar-refractivity contribution in [2.45, 2.75) is 38.7 Å². The van der Waals surface area contributed by atoms with Crippen LogP contribution in [0.25, 0.3) is 0 Å². The third kappa shape index (κ3) is 8.39. The van der Waals surface area contributed by atoms with Gasteiger partial charge in [0, 0.05) is 16.1 Å². The molecule has 10 heavy (non-hydrogen) atoms. The van der Waals surface area contributed by atoms with Crippen LogP contribution in [0, 0.1) is 0 Å². The molecule has 0 aliphatic heterocycles. The predicted molar refractivity (Wildman–Crippen MR) is 50.3 cm³/mol. The molecule has 0 spiro atoms. The lowest BCUT2D eigenvalue weighted by Crippen LogP contribution is -2.25. The van der Waals surface area contributed by atoms with Gasteiger partial charge in [-0.1, -0.05) is 12.6 Å². The van der Waals surface area contributed by atoms with Gasteiger partial charge < -0.3 is 4.43 Å². The van der Waals surface area contributed by atoms with E-state index in [0.717, 1.165) is 16.1 Å². The maximum absolute atomic E-state index is 5.67. The van der Waals surface area contributed by atoms with Crippen LogP contribution in [0.5, 0.6) is 0 Å². The van der Waals surface area contributed by atoms with Crippen molar-refractivity contribution >= 4 is 17.8 Å². The Hall–Kier alpha value is 0.394. The molecule has 0 amide bonds. The molecule has 60 valence electrons. The molecular formula is C7H18OSi2. The standard InChI is InChI=1S/C7H18OSi2/c1-9-7-5-6-8-10(2,3)4/h5-7H2,1-4H3. The van der Waals surface area contributed by atoms with Gasteiger partial charge in [0.05, 0.1) is 0 Å². The number of hydrogen-bond acceptors (Lipinski definition) is 1. The van der Waals surface area contributed by atoms with Crippen LogP contribution in [0.4, 0.5) is 0 Å². The summed E-state index contributed by atoms with van der Waals surface area (Å²) < 4.78 is 5.67. The summed E-state index contributed by atoms with van der Waals surface area (Å²) in [5.74, 6) is 0. The van der Waals surface area contributed by atoms with E-state index >= 15 is 0 Å². The smallest absolute Gasteiger partial charge is 0.183 e. The van der Waals surface area contributed by atoms with Crippen LogP contribution in [-0.4, -0.2) is 24.4 Å². The Morgan fingerprint density at radius 2 is 1.90 bits per heavy atom. The van der Waals surface area contributed by atoms with E-state index in [-0.39, 0.29) is 0 Å². The monoisotopic (exact) mass is 174 g/mol. The lowest BCUT2D eigenvalue weighted by atomic mass is 10.5. The third-order valence-corrected chi connectivity index (χ3v) is 3.03. The van der Waals surface area contributed by atoms with Gasteiger partial charge in [0.1, 0.15) is 0 Å². The molecule has 1 nitrogen and oxygen atoms in total. The summed E-state index contributed by atoms with van der Waals surface area (Å²) >= 11 is 0. The van der Waals surface area contributed by atoms with Gasteiger partial charge in [-0.15, -0.1) is 0 Å². The Balaban J connectivity index is 3.04. The minimum absolute atomic E-state index is 0.983. The van der Waals surface area contributed by atoms with Crippen molar-refractivity contribution in [3.05, 3.63) is 0 Å². The SMILES string of the molecule is C[Si]CCCO[Si](C)(C)C. The first-order valence-corrected chi connectivity index (χ1v) is 8.96. The summed E-state index contributed by atoms with van der Waals surface area (Å²) in [6.07, 6.45) is 1.25. The highest BCUT2D eigenvalue weighted by molar-refractivity contribution is 6.69. The molecule has 2 radical (unpaired) electrons. The highest BCUT2D eigenvalue weighted by Crippen LogP contribution is 2.03. The second-order valence-electron chi connectivity index (χ2n) is 3.42. The summed E-state index contributed by atoms with van der Waals surface area (Å²) in [6, 6.07) is 1.34. The summed E-state index contributed by atoms with van der Waals surface area (Å²) in [4.78, 5) is 0. The predicted octanol–water partition coefficient (Wildman–Crippen LogP) is 2.40. The van der Waals surface area contributed by atoms with Gasteiger partial charge in [-0.05, 0) is 26.1 Å². The Kier molecular flexibility index (Phi) is 5.30. The first kappa shape index (κ1) is 10.4. The molecule has 0 aliphatic carbocycles. The minimum atomic E-state index is -1.20. The zero-order valence-corrected chi connectivity index (χ0v) is 9.53. The number of rotatable bonds is 5. The van der Waals surface area contributed by atoms with E-state index in [2.05, 4.69) is 26.2 Å². The van der Waals surface area contributed by atoms with Gasteiger partial charge in [-0.25, -0.2) is 0 Å². The molecule has 0 N–H and O–H groups in total. The molecule has 3 heteroatoms. The minimum Gasteiger partial charge on any atom is -0.418 e. The molecule has 0 rings (SSSR count). The van der Waals surface area contributed by atoms with Crippen molar-refractivity contribution in [3.63, 3.8) is 0 Å². The molecule has 0 heterocycles. The average Bonchev–Trinajstić information content (AvgIpc) is 1.78. The fraction of sp³-hybridized carbons (Fsp3) is 1.00. The van der Waals surface area contributed by atoms with E-state index in [1.54, 1.807) is 0 Å². The molecular weight excluding hydrogens is 156 g/mol. The van der Waals surface area contributed by atoms with Gasteiger partial charge in [0.25, 0.3) is 0 Å². The Morgan fingerprint density at radius 3 is 2.30 bits per heavy atom. The first-order chi connectivity index (χ1) is 4.56. The molecule has 0 saturated heterocycles. The van der Waals surface area contributed by atoms with Crippen molar-refractivity contribution in [1.29, 1.82) is 0 Å². The maximum Gasteiger partial charge on any atom is 0.183 e. The second kappa shape index (κ2) is 5.10. The zero-order chi connectivity index (χ0) is 8.04. The normalized spacial score (nSPS) is 12.0. The molecule has 0 unspecified atom stereocenters. The van der Waals surface area contributed by atoms with Crippen molar-refractivity contribution < 1.29 is 4.43 Å². The van der Waals surface area contributed by atoms with Crippen molar-refractivity contribution in [3.8, 4) is 0 Å². The van der Waals surface area contributed by atoms with Crippen LogP contribution in [0.3, 0.4) is 0 Å². The van der Waals surface area contributed by atoms with Gasteiger partial charge in [0.2, 0.25) is 0 Å². The van der Waals surface area contributed by atoms with Crippen molar-refractivity contribution in [1.82, 2.24) is 0 Å². The molecule has 0 fully saturated rings. The van der Waals surface area contributed by atoms with Crippen molar-refractivity contribution in [2.24, 2.45) is 0 Å². The molecule has 0 aromatic heterocycles. The van der Waals surface area contributed by atoms with Crippen LogP contribution < -0.4 is 0 Å². The molecule has 0 atom stereocenters. The van der Waals surface area contributed by atoms with E-state index in [1.165, 1.54) is 12.5 Å². The van der Waals surface area contributed by atoms with Gasteiger partial charge in [0.15, 0.2) is 8.32 Å². The average molecular weight is 174 g/mol. The summed E-state index contributed by atoms with van der Waals surface area (Å²) in [6.45, 7) is 9.94. The fourth-order valence-corrected chi connectivity index (χ4v) is 1.88. The van der Waals surface area contributed by atoms with E-state index in [1.807, 2.05) is 0 Å². The lowest BCUT2D eigenvalue weighted by molar-refractivity contribution is 0.311. The van der Waals surface area contributed by atoms with Gasteiger partial charge in [-0.2, -0.15) is 0 Å². The first-order valence-electron chi connectivity index (χ1n) is 3.85. The zero-order valence-electron chi connectivity index (χ0n) is 7.53. The van der Waals surface area contributed by atoms with Gasteiger partial charge in [-0.3, -0.25) is 0 Å². The van der Waals surface area contributed by atoms with Crippen LogP contribution in [0.1, 0.15) is 6.42 Å². The fourth-order valence-electron chi connectivity index (χ4n) is 0.627. The molecule has 0 aliphatic rings. The second-order valence-corrected chi connectivity index (χ2v) is 9.14. The van der Waals surface area contributed by atoms with Gasteiger partial charge >= 0.3 is 0 Å². The Morgan fingerprint density at radius 1 is 1.30 bits per heavy atom. The lowest BCUT2D eigenvalue weighted by Gasteiger charge is -2.16. The third-order valence-electron chi connectivity index (χ3n) is 1.11. The van der Waals surface area contributed by atoms with E-state index in [4.69, 9.17) is 4.43 Å². The highest BCUT2D eigenvalue weighted by Gasteiger charge is 2.12. The van der Waals surface area contributed by atoms with Crippen LogP contribution >= 0.6 is 0 Å². The quantitative estimate of drug-likeness (QED) is 0.459. The van der Waals surface area contributed by atoms with Crippen molar-refractivity contribution in [2.75, 3.05) is 6.61 Å². The number of hydrogen-bond donors (Lipinski definition) is 0. The molecule has 0 bridgehead atoms. The Bertz CT molecular complexity index is 78.2. The van der Waals surface area contributed by atoms with Crippen LogP contribution in [0.2, 0.25) is 32.2 Å². The summed E-state index contributed by atoms with van der Waals surface area (Å²) in [7, 11) is -0.118. The molecule has 0 saturated carbocycles. The van der Waals surface area contributed by atoms with E-state index in [0.29, 0.717) is 0 Å². The van der Waals surface area contributed by atoms with E-state index < -0.39 is 8.32 Å². The topological polar surface area (TPSA) is 9.23 Å². The van der Waals surface area contributed by atoms with E-state index in [9.17, 15) is 0 Å². The maximum atomic E-state index is 5.67. The van der Waals surface area contributed by atoms with Crippen LogP contribution in [0.15, 0.2) is 0 Å². The Labute approximate surface area is 68.1 Å². The summed E-state index contributed by atoms with van der Waals surface area (Å²) in [5.41, 5.74) is 0. The van der Waals surface area contributed by atoms with Crippen LogP contribution in [-0.2, 0) is 4.43 Å². The molecule has 0 aromatic carbocycles. The highest BCUT2D eigenvalue weighted by atomic mass is 28.4. The largest absolute Gasteiger partial charge is 0.418 e.